The minimum absolute atomic E-state index is 0.0248. The molecule has 1 fully saturated rings. The fourth-order valence-electron chi connectivity index (χ4n) is 4.35. The van der Waals surface area contributed by atoms with E-state index in [1.807, 2.05) is 31.2 Å². The Morgan fingerprint density at radius 2 is 1.86 bits per heavy atom. The van der Waals surface area contributed by atoms with Gasteiger partial charge in [0, 0.05) is 24.7 Å². The molecule has 2 aromatic carbocycles. The molecule has 0 radical (unpaired) electrons. The molecule has 2 atom stereocenters. The number of benzene rings is 2. The molecule has 0 saturated carbocycles. The first kappa shape index (κ1) is 21.4. The second-order valence-corrected chi connectivity index (χ2v) is 8.36. The van der Waals surface area contributed by atoms with Crippen LogP contribution in [0.1, 0.15) is 58.4 Å². The summed E-state index contributed by atoms with van der Waals surface area (Å²) in [5.74, 6) is 1.46. The lowest BCUT2D eigenvalue weighted by Gasteiger charge is -2.38. The predicted octanol–water partition coefficient (Wildman–Crippen LogP) is 4.82. The summed E-state index contributed by atoms with van der Waals surface area (Å²) < 4.78 is 5.47. The number of nitrogens with zero attached hydrogens (tertiary/aromatic N) is 1. The highest BCUT2D eigenvalue weighted by molar-refractivity contribution is 5.94. The molecule has 3 rings (SSSR count). The molecule has 4 nitrogen and oxygen atoms in total. The number of likely N-dealkylation sites (tertiary alicyclic amines) is 1. The fourth-order valence-corrected chi connectivity index (χ4v) is 4.35. The predicted molar refractivity (Wildman–Crippen MR) is 119 cm³/mol. The summed E-state index contributed by atoms with van der Waals surface area (Å²) in [6.07, 6.45) is 2.33. The smallest absolute Gasteiger partial charge is 0.251 e. The number of nitrogens with one attached hydrogen (secondary N) is 1. The van der Waals surface area contributed by atoms with Crippen LogP contribution in [-0.2, 0) is 0 Å². The number of hydrogen-bond acceptors (Lipinski definition) is 3. The van der Waals surface area contributed by atoms with Gasteiger partial charge >= 0.3 is 0 Å². The highest BCUT2D eigenvalue weighted by atomic mass is 16.5. The third-order valence-electron chi connectivity index (χ3n) is 6.41. The lowest BCUT2D eigenvalue weighted by atomic mass is 9.92. The van der Waals surface area contributed by atoms with Crippen LogP contribution in [0.25, 0.3) is 0 Å². The monoisotopic (exact) mass is 394 g/mol. The molecule has 2 unspecified atom stereocenters. The van der Waals surface area contributed by atoms with Crippen LogP contribution in [0.4, 0.5) is 0 Å². The van der Waals surface area contributed by atoms with E-state index in [0.717, 1.165) is 37.4 Å². The molecule has 0 bridgehead atoms. The molecular weight excluding hydrogens is 360 g/mol. The second kappa shape index (κ2) is 9.45. The lowest BCUT2D eigenvalue weighted by molar-refractivity contribution is 0.0917. The highest BCUT2D eigenvalue weighted by Gasteiger charge is 2.26. The minimum Gasteiger partial charge on any atom is -0.496 e. The van der Waals surface area contributed by atoms with E-state index in [1.165, 1.54) is 28.7 Å². The van der Waals surface area contributed by atoms with Crippen molar-refractivity contribution >= 4 is 5.91 Å². The van der Waals surface area contributed by atoms with Gasteiger partial charge in [-0.3, -0.25) is 9.69 Å². The Labute approximate surface area is 175 Å². The van der Waals surface area contributed by atoms with Crippen LogP contribution < -0.4 is 10.1 Å². The zero-order valence-electron chi connectivity index (χ0n) is 18.4. The number of amides is 1. The molecule has 156 valence electrons. The van der Waals surface area contributed by atoms with Gasteiger partial charge < -0.3 is 10.1 Å². The molecule has 0 aliphatic carbocycles. The Morgan fingerprint density at radius 3 is 2.55 bits per heavy atom. The molecule has 1 N–H and O–H groups in total. The molecular formula is C25H34N2O2. The number of hydrogen-bond donors (Lipinski definition) is 1. The number of carbonyl (C=O) groups is 1. The number of methoxy groups -OCH3 is 1. The average Bonchev–Trinajstić information content (AvgIpc) is 2.74. The number of aryl methyl sites for hydroxylation is 1. The van der Waals surface area contributed by atoms with Crippen molar-refractivity contribution in [2.24, 2.45) is 5.92 Å². The van der Waals surface area contributed by atoms with Crippen molar-refractivity contribution in [1.82, 2.24) is 10.2 Å². The highest BCUT2D eigenvalue weighted by Crippen LogP contribution is 2.32. The zero-order valence-corrected chi connectivity index (χ0v) is 18.4. The SMILES string of the molecule is COc1ccc(C(C)N2CCCC(CNC(=O)c3ccc(C)cc3)C2)c(C)c1C. The number of piperidine rings is 1. The van der Waals surface area contributed by atoms with Gasteiger partial charge in [0.2, 0.25) is 0 Å². The minimum atomic E-state index is 0.0248. The average molecular weight is 395 g/mol. The topological polar surface area (TPSA) is 41.6 Å². The summed E-state index contributed by atoms with van der Waals surface area (Å²) in [6.45, 7) is 11.5. The van der Waals surface area contributed by atoms with E-state index in [4.69, 9.17) is 4.74 Å². The molecule has 0 spiro atoms. The Hall–Kier alpha value is -2.33. The Kier molecular flexibility index (Phi) is 6.96. The summed E-state index contributed by atoms with van der Waals surface area (Å²) in [6, 6.07) is 12.4. The third kappa shape index (κ3) is 4.99. The maximum Gasteiger partial charge on any atom is 0.251 e. The molecule has 1 heterocycles. The molecule has 1 amide bonds. The van der Waals surface area contributed by atoms with Crippen molar-refractivity contribution in [3.8, 4) is 5.75 Å². The molecule has 1 aliphatic rings. The number of rotatable bonds is 6. The van der Waals surface area contributed by atoms with E-state index in [-0.39, 0.29) is 5.91 Å². The van der Waals surface area contributed by atoms with Gasteiger partial charge in [-0.1, -0.05) is 23.8 Å². The van der Waals surface area contributed by atoms with E-state index in [2.05, 4.69) is 43.1 Å². The molecule has 1 aliphatic heterocycles. The van der Waals surface area contributed by atoms with Gasteiger partial charge in [0.15, 0.2) is 0 Å². The standard InChI is InChI=1S/C25H34N2O2/c1-17-8-10-22(11-9-17)25(28)26-15-21-7-6-14-27(16-21)20(4)23-12-13-24(29-5)19(3)18(23)2/h8-13,20-21H,6-7,14-16H2,1-5H3,(H,26,28). The Balaban J connectivity index is 1.61. The van der Waals surface area contributed by atoms with Crippen LogP contribution >= 0.6 is 0 Å². The van der Waals surface area contributed by atoms with E-state index in [0.29, 0.717) is 12.0 Å². The van der Waals surface area contributed by atoms with Crippen molar-refractivity contribution in [3.63, 3.8) is 0 Å². The molecule has 4 heteroatoms. The van der Waals surface area contributed by atoms with E-state index >= 15 is 0 Å². The fraction of sp³-hybridized carbons (Fsp3) is 0.480. The first-order chi connectivity index (χ1) is 13.9. The first-order valence-corrected chi connectivity index (χ1v) is 10.6. The van der Waals surface area contributed by atoms with Gasteiger partial charge in [-0.25, -0.2) is 0 Å². The summed E-state index contributed by atoms with van der Waals surface area (Å²) in [7, 11) is 1.73. The molecule has 29 heavy (non-hydrogen) atoms. The van der Waals surface area contributed by atoms with Gasteiger partial charge in [0.05, 0.1) is 7.11 Å². The van der Waals surface area contributed by atoms with Crippen LogP contribution in [0.2, 0.25) is 0 Å². The van der Waals surface area contributed by atoms with Crippen LogP contribution in [0.3, 0.4) is 0 Å². The van der Waals surface area contributed by atoms with Crippen LogP contribution in [0, 0.1) is 26.7 Å². The van der Waals surface area contributed by atoms with Crippen LogP contribution in [0.15, 0.2) is 36.4 Å². The van der Waals surface area contributed by atoms with Crippen molar-refractivity contribution in [1.29, 1.82) is 0 Å². The number of carbonyl (C=O) groups excluding carboxylic acids is 1. The van der Waals surface area contributed by atoms with Crippen LogP contribution in [-0.4, -0.2) is 37.6 Å². The summed E-state index contributed by atoms with van der Waals surface area (Å²) in [4.78, 5) is 15.0. The normalized spacial score (nSPS) is 18.3. The maximum absolute atomic E-state index is 12.4. The van der Waals surface area contributed by atoms with Crippen molar-refractivity contribution in [2.75, 3.05) is 26.7 Å². The Bertz CT molecular complexity index is 845. The van der Waals surface area contributed by atoms with Gasteiger partial charge in [0.1, 0.15) is 5.75 Å². The van der Waals surface area contributed by atoms with E-state index in [1.54, 1.807) is 7.11 Å². The van der Waals surface area contributed by atoms with Gasteiger partial charge in [-0.05, 0) is 87.9 Å². The van der Waals surface area contributed by atoms with Crippen molar-refractivity contribution in [2.45, 2.75) is 46.6 Å². The maximum atomic E-state index is 12.4. The van der Waals surface area contributed by atoms with E-state index < -0.39 is 0 Å². The summed E-state index contributed by atoms with van der Waals surface area (Å²) >= 11 is 0. The van der Waals surface area contributed by atoms with Gasteiger partial charge in [0.25, 0.3) is 5.91 Å². The molecule has 0 aromatic heterocycles. The molecule has 1 saturated heterocycles. The van der Waals surface area contributed by atoms with Crippen molar-refractivity contribution in [3.05, 3.63) is 64.2 Å². The second-order valence-electron chi connectivity index (χ2n) is 8.36. The Morgan fingerprint density at radius 1 is 1.14 bits per heavy atom. The van der Waals surface area contributed by atoms with Gasteiger partial charge in [-0.15, -0.1) is 0 Å². The quantitative estimate of drug-likeness (QED) is 0.763. The lowest BCUT2D eigenvalue weighted by Crippen LogP contribution is -2.42. The largest absolute Gasteiger partial charge is 0.496 e. The van der Waals surface area contributed by atoms with Gasteiger partial charge in [-0.2, -0.15) is 0 Å². The van der Waals surface area contributed by atoms with Crippen molar-refractivity contribution < 1.29 is 9.53 Å². The third-order valence-corrected chi connectivity index (χ3v) is 6.41. The summed E-state index contributed by atoms with van der Waals surface area (Å²) in [5.41, 5.74) is 5.80. The molecule has 2 aromatic rings. The van der Waals surface area contributed by atoms with E-state index in [9.17, 15) is 4.79 Å². The summed E-state index contributed by atoms with van der Waals surface area (Å²) in [5, 5.41) is 3.14. The zero-order chi connectivity index (χ0) is 21.0. The van der Waals surface area contributed by atoms with Crippen LogP contribution in [0.5, 0.6) is 5.75 Å². The number of ether oxygens (including phenoxy) is 1. The first-order valence-electron chi connectivity index (χ1n) is 10.6.